The summed E-state index contributed by atoms with van der Waals surface area (Å²) in [7, 11) is 6.20. The lowest BCUT2D eigenvalue weighted by molar-refractivity contribution is -0.870. The highest BCUT2D eigenvalue weighted by Crippen LogP contribution is 2.09. The Morgan fingerprint density at radius 2 is 1.82 bits per heavy atom. The number of alkyl halides is 1. The van der Waals surface area contributed by atoms with Crippen LogP contribution in [0.15, 0.2) is 24.3 Å². The molecule has 0 atom stereocenters. The van der Waals surface area contributed by atoms with Crippen LogP contribution >= 0.6 is 15.9 Å². The molecule has 4 heteroatoms. The molecule has 0 aliphatic heterocycles. The molecule has 94 valence electrons. The van der Waals surface area contributed by atoms with Crippen molar-refractivity contribution in [3.63, 3.8) is 0 Å². The van der Waals surface area contributed by atoms with Gasteiger partial charge in [0.25, 0.3) is 0 Å². The van der Waals surface area contributed by atoms with Crippen LogP contribution in [-0.4, -0.2) is 44.7 Å². The minimum atomic E-state index is -0.250. The smallest absolute Gasteiger partial charge is 0.338 e. The number of halogens is 1. The Kier molecular flexibility index (Phi) is 5.15. The van der Waals surface area contributed by atoms with Crippen molar-refractivity contribution in [2.24, 2.45) is 0 Å². The minimum absolute atomic E-state index is 0.250. The molecule has 0 amide bonds. The number of benzene rings is 1. The monoisotopic (exact) mass is 300 g/mol. The molecule has 0 heterocycles. The third-order valence-electron chi connectivity index (χ3n) is 2.34. The van der Waals surface area contributed by atoms with Crippen molar-refractivity contribution in [1.82, 2.24) is 0 Å². The van der Waals surface area contributed by atoms with Crippen LogP contribution in [0.4, 0.5) is 0 Å². The van der Waals surface area contributed by atoms with E-state index < -0.39 is 0 Å². The lowest BCUT2D eigenvalue weighted by Gasteiger charge is -2.23. The van der Waals surface area contributed by atoms with Crippen LogP contribution in [0.25, 0.3) is 0 Å². The fourth-order valence-corrected chi connectivity index (χ4v) is 1.60. The molecule has 0 aromatic heterocycles. The van der Waals surface area contributed by atoms with Crippen LogP contribution in [0.2, 0.25) is 0 Å². The van der Waals surface area contributed by atoms with E-state index in [1.165, 1.54) is 0 Å². The molecule has 0 spiro atoms. The molecule has 0 unspecified atom stereocenters. The highest BCUT2D eigenvalue weighted by Gasteiger charge is 2.10. The highest BCUT2D eigenvalue weighted by atomic mass is 79.9. The zero-order valence-corrected chi connectivity index (χ0v) is 12.2. The first kappa shape index (κ1) is 14.2. The average molecular weight is 301 g/mol. The molecular formula is C13H19BrNO2+. The Balaban J connectivity index is 2.47. The van der Waals surface area contributed by atoms with E-state index in [1.54, 1.807) is 12.1 Å². The van der Waals surface area contributed by atoms with Gasteiger partial charge in [0.2, 0.25) is 0 Å². The van der Waals surface area contributed by atoms with Crippen LogP contribution in [0.1, 0.15) is 15.9 Å². The van der Waals surface area contributed by atoms with Crippen LogP contribution < -0.4 is 0 Å². The van der Waals surface area contributed by atoms with Gasteiger partial charge in [0.05, 0.1) is 26.7 Å². The molecule has 17 heavy (non-hydrogen) atoms. The second kappa shape index (κ2) is 6.17. The van der Waals surface area contributed by atoms with Crippen molar-refractivity contribution < 1.29 is 14.0 Å². The molecule has 0 bridgehead atoms. The van der Waals surface area contributed by atoms with Gasteiger partial charge in [-0.05, 0) is 17.7 Å². The average Bonchev–Trinajstić information content (AvgIpc) is 2.27. The fraction of sp³-hybridized carbons (Fsp3) is 0.462. The summed E-state index contributed by atoms with van der Waals surface area (Å²) in [6, 6.07) is 7.44. The second-order valence-electron chi connectivity index (χ2n) is 4.98. The largest absolute Gasteiger partial charge is 0.456 e. The van der Waals surface area contributed by atoms with Gasteiger partial charge in [-0.1, -0.05) is 28.1 Å². The van der Waals surface area contributed by atoms with E-state index >= 15 is 0 Å². The number of nitrogens with zero attached hydrogens (tertiary/aromatic N) is 1. The molecule has 0 aliphatic rings. The van der Waals surface area contributed by atoms with E-state index in [4.69, 9.17) is 4.74 Å². The lowest BCUT2D eigenvalue weighted by atomic mass is 10.1. The molecule has 0 fully saturated rings. The molecule has 0 N–H and O–H groups in total. The number of hydrogen-bond donors (Lipinski definition) is 0. The predicted molar refractivity (Wildman–Crippen MR) is 72.3 cm³/mol. The van der Waals surface area contributed by atoms with Gasteiger partial charge in [-0.15, -0.1) is 0 Å². The first-order valence-corrected chi connectivity index (χ1v) is 6.67. The number of esters is 1. The first-order chi connectivity index (χ1) is 7.92. The predicted octanol–water partition coefficient (Wildman–Crippen LogP) is 2.44. The zero-order valence-electron chi connectivity index (χ0n) is 10.6. The van der Waals surface area contributed by atoms with Gasteiger partial charge >= 0.3 is 5.97 Å². The normalized spacial score (nSPS) is 11.3. The van der Waals surface area contributed by atoms with E-state index in [2.05, 4.69) is 37.1 Å². The van der Waals surface area contributed by atoms with Crippen molar-refractivity contribution in [2.75, 3.05) is 34.3 Å². The van der Waals surface area contributed by atoms with Crippen molar-refractivity contribution in [1.29, 1.82) is 0 Å². The molecular weight excluding hydrogens is 282 g/mol. The number of ether oxygens (including phenoxy) is 1. The Morgan fingerprint density at radius 3 is 2.29 bits per heavy atom. The van der Waals surface area contributed by atoms with Crippen LogP contribution in [-0.2, 0) is 10.1 Å². The molecule has 1 rings (SSSR count). The Hall–Kier alpha value is -0.870. The standard InChI is InChI=1S/C13H19BrNO2/c1-15(2,3)8-9-17-13(16)12-6-4-11(10-14)5-7-12/h4-7H,8-10H2,1-3H3/q+1. The lowest BCUT2D eigenvalue weighted by Crippen LogP contribution is -2.38. The molecule has 0 radical (unpaired) electrons. The van der Waals surface area contributed by atoms with Crippen LogP contribution in [0.3, 0.4) is 0 Å². The maximum atomic E-state index is 11.7. The first-order valence-electron chi connectivity index (χ1n) is 5.55. The van der Waals surface area contributed by atoms with E-state index in [0.29, 0.717) is 12.2 Å². The number of quaternary nitrogens is 1. The van der Waals surface area contributed by atoms with Gasteiger partial charge in [0, 0.05) is 5.33 Å². The molecule has 1 aromatic carbocycles. The molecule has 3 nitrogen and oxygen atoms in total. The number of carbonyl (C=O) groups excluding carboxylic acids is 1. The summed E-state index contributed by atoms with van der Waals surface area (Å²) in [5, 5.41) is 0.795. The summed E-state index contributed by atoms with van der Waals surface area (Å²) in [6.45, 7) is 1.26. The third-order valence-corrected chi connectivity index (χ3v) is 2.99. The molecule has 0 aliphatic carbocycles. The highest BCUT2D eigenvalue weighted by molar-refractivity contribution is 9.08. The SMILES string of the molecule is C[N+](C)(C)CCOC(=O)c1ccc(CBr)cc1. The van der Waals surface area contributed by atoms with E-state index in [-0.39, 0.29) is 5.97 Å². The Labute approximate surface area is 111 Å². The Morgan fingerprint density at radius 1 is 1.24 bits per heavy atom. The molecule has 1 aromatic rings. The van der Waals surface area contributed by atoms with Crippen LogP contribution in [0.5, 0.6) is 0 Å². The summed E-state index contributed by atoms with van der Waals surface area (Å²) < 4.78 is 6.00. The Bertz CT molecular complexity index is 368. The van der Waals surface area contributed by atoms with Crippen molar-refractivity contribution in [2.45, 2.75) is 5.33 Å². The van der Waals surface area contributed by atoms with Crippen molar-refractivity contribution in [3.05, 3.63) is 35.4 Å². The summed E-state index contributed by atoms with van der Waals surface area (Å²) in [4.78, 5) is 11.7. The summed E-state index contributed by atoms with van der Waals surface area (Å²) in [5.41, 5.74) is 1.75. The number of likely N-dealkylation sites (N-methyl/N-ethyl adjacent to an activating group) is 1. The van der Waals surface area contributed by atoms with Crippen molar-refractivity contribution >= 4 is 21.9 Å². The zero-order chi connectivity index (χ0) is 12.9. The maximum absolute atomic E-state index is 11.7. The van der Waals surface area contributed by atoms with Gasteiger partial charge in [-0.3, -0.25) is 0 Å². The van der Waals surface area contributed by atoms with Gasteiger partial charge in [-0.2, -0.15) is 0 Å². The molecule has 0 saturated heterocycles. The van der Waals surface area contributed by atoms with Crippen LogP contribution in [0, 0.1) is 0 Å². The minimum Gasteiger partial charge on any atom is -0.456 e. The van der Waals surface area contributed by atoms with Crippen molar-refractivity contribution in [3.8, 4) is 0 Å². The number of carbonyl (C=O) groups is 1. The van der Waals surface area contributed by atoms with Gasteiger partial charge in [0.1, 0.15) is 13.2 Å². The van der Waals surface area contributed by atoms with E-state index in [0.717, 1.165) is 21.9 Å². The summed E-state index contributed by atoms with van der Waals surface area (Å²) in [6.07, 6.45) is 0. The topological polar surface area (TPSA) is 26.3 Å². The summed E-state index contributed by atoms with van der Waals surface area (Å²) in [5.74, 6) is -0.250. The summed E-state index contributed by atoms with van der Waals surface area (Å²) >= 11 is 3.36. The van der Waals surface area contributed by atoms with E-state index in [9.17, 15) is 4.79 Å². The fourth-order valence-electron chi connectivity index (χ4n) is 1.23. The number of rotatable bonds is 5. The molecule has 0 saturated carbocycles. The third kappa shape index (κ3) is 5.33. The van der Waals surface area contributed by atoms with E-state index in [1.807, 2.05) is 12.1 Å². The van der Waals surface area contributed by atoms with Gasteiger partial charge in [0.15, 0.2) is 0 Å². The second-order valence-corrected chi connectivity index (χ2v) is 5.54. The number of hydrogen-bond acceptors (Lipinski definition) is 2. The maximum Gasteiger partial charge on any atom is 0.338 e. The quantitative estimate of drug-likeness (QED) is 0.474. The van der Waals surface area contributed by atoms with Gasteiger partial charge in [-0.25, -0.2) is 4.79 Å². The van der Waals surface area contributed by atoms with Gasteiger partial charge < -0.3 is 9.22 Å².